The lowest BCUT2D eigenvalue weighted by Crippen LogP contribution is -2.10. The molecule has 19 heavy (non-hydrogen) atoms. The van der Waals surface area contributed by atoms with Gasteiger partial charge in [-0.1, -0.05) is 0 Å². The van der Waals surface area contributed by atoms with Crippen molar-refractivity contribution in [3.63, 3.8) is 0 Å². The molecule has 8 nitrogen and oxygen atoms in total. The van der Waals surface area contributed by atoms with E-state index in [-0.39, 0.29) is 0 Å². The fraction of sp³-hybridized carbons (Fsp3) is 0.455. The van der Waals surface area contributed by atoms with E-state index in [2.05, 4.69) is 25.4 Å². The lowest BCUT2D eigenvalue weighted by atomic mass is 10.4. The SMILES string of the molecule is COc1cc(OC)nc(NCCc2ncn(C)n2)n1. The monoisotopic (exact) mass is 264 g/mol. The van der Waals surface area contributed by atoms with E-state index in [9.17, 15) is 0 Å². The molecule has 0 aromatic carbocycles. The Bertz CT molecular complexity index is 519. The van der Waals surface area contributed by atoms with Crippen molar-refractivity contribution < 1.29 is 9.47 Å². The Labute approximate surface area is 110 Å². The number of anilines is 1. The minimum Gasteiger partial charge on any atom is -0.481 e. The van der Waals surface area contributed by atoms with Crippen LogP contribution in [0.15, 0.2) is 12.4 Å². The summed E-state index contributed by atoms with van der Waals surface area (Å²) in [7, 11) is 4.92. The molecule has 0 aliphatic rings. The van der Waals surface area contributed by atoms with Gasteiger partial charge in [0.15, 0.2) is 5.82 Å². The molecule has 102 valence electrons. The smallest absolute Gasteiger partial charge is 0.229 e. The fourth-order valence-electron chi connectivity index (χ4n) is 1.48. The molecule has 0 fully saturated rings. The van der Waals surface area contributed by atoms with Crippen molar-refractivity contribution in [2.24, 2.45) is 7.05 Å². The van der Waals surface area contributed by atoms with E-state index in [4.69, 9.17) is 9.47 Å². The molecule has 0 aliphatic carbocycles. The third-order valence-corrected chi connectivity index (χ3v) is 2.38. The maximum atomic E-state index is 5.07. The quantitative estimate of drug-likeness (QED) is 0.801. The van der Waals surface area contributed by atoms with Gasteiger partial charge in [0, 0.05) is 20.0 Å². The zero-order chi connectivity index (χ0) is 13.7. The second kappa shape index (κ2) is 5.98. The van der Waals surface area contributed by atoms with Gasteiger partial charge in [0.2, 0.25) is 17.7 Å². The predicted molar refractivity (Wildman–Crippen MR) is 68.3 cm³/mol. The van der Waals surface area contributed by atoms with Gasteiger partial charge in [0.1, 0.15) is 6.33 Å². The van der Waals surface area contributed by atoms with Crippen LogP contribution in [-0.4, -0.2) is 45.5 Å². The summed E-state index contributed by atoms with van der Waals surface area (Å²) in [6.07, 6.45) is 2.35. The number of aromatic nitrogens is 5. The molecule has 0 amide bonds. The lowest BCUT2D eigenvalue weighted by Gasteiger charge is -2.07. The van der Waals surface area contributed by atoms with Crippen molar-refractivity contribution in [2.45, 2.75) is 6.42 Å². The highest BCUT2D eigenvalue weighted by Crippen LogP contribution is 2.17. The van der Waals surface area contributed by atoms with Gasteiger partial charge in [0.05, 0.1) is 20.3 Å². The summed E-state index contributed by atoms with van der Waals surface area (Å²) >= 11 is 0. The first kappa shape index (κ1) is 13.1. The molecule has 0 aliphatic heterocycles. The van der Waals surface area contributed by atoms with Gasteiger partial charge in [-0.25, -0.2) is 4.98 Å². The second-order valence-corrected chi connectivity index (χ2v) is 3.79. The van der Waals surface area contributed by atoms with Crippen molar-refractivity contribution in [1.82, 2.24) is 24.7 Å². The van der Waals surface area contributed by atoms with E-state index in [1.54, 1.807) is 31.3 Å². The van der Waals surface area contributed by atoms with E-state index in [1.165, 1.54) is 0 Å². The third kappa shape index (κ3) is 3.54. The van der Waals surface area contributed by atoms with E-state index >= 15 is 0 Å². The average Bonchev–Trinajstić information content (AvgIpc) is 2.84. The minimum atomic E-state index is 0.449. The van der Waals surface area contributed by atoms with E-state index in [1.807, 2.05) is 7.05 Å². The first-order chi connectivity index (χ1) is 9.21. The number of nitrogens with zero attached hydrogens (tertiary/aromatic N) is 5. The molecular weight excluding hydrogens is 248 g/mol. The molecule has 0 atom stereocenters. The highest BCUT2D eigenvalue weighted by Gasteiger charge is 2.05. The van der Waals surface area contributed by atoms with Crippen LogP contribution in [0, 0.1) is 0 Å². The molecule has 2 heterocycles. The molecule has 2 aromatic rings. The molecule has 2 rings (SSSR count). The van der Waals surface area contributed by atoms with Gasteiger partial charge >= 0.3 is 0 Å². The van der Waals surface area contributed by atoms with Gasteiger partial charge in [-0.15, -0.1) is 0 Å². The summed E-state index contributed by atoms with van der Waals surface area (Å²) in [6.45, 7) is 0.625. The number of methoxy groups -OCH3 is 2. The average molecular weight is 264 g/mol. The molecular formula is C11H16N6O2. The van der Waals surface area contributed by atoms with Gasteiger partial charge in [-0.2, -0.15) is 15.1 Å². The van der Waals surface area contributed by atoms with Gasteiger partial charge < -0.3 is 14.8 Å². The zero-order valence-electron chi connectivity index (χ0n) is 11.1. The van der Waals surface area contributed by atoms with Crippen LogP contribution in [-0.2, 0) is 13.5 Å². The summed E-state index contributed by atoms with van der Waals surface area (Å²) in [5.41, 5.74) is 0. The molecule has 0 saturated carbocycles. The molecule has 0 bridgehead atoms. The Balaban J connectivity index is 1.95. The van der Waals surface area contributed by atoms with Crippen molar-refractivity contribution in [3.05, 3.63) is 18.2 Å². The highest BCUT2D eigenvalue weighted by atomic mass is 16.5. The molecule has 0 unspecified atom stereocenters. The van der Waals surface area contributed by atoms with Crippen LogP contribution in [0.2, 0.25) is 0 Å². The lowest BCUT2D eigenvalue weighted by molar-refractivity contribution is 0.373. The van der Waals surface area contributed by atoms with Crippen molar-refractivity contribution in [1.29, 1.82) is 0 Å². The number of hydrogen-bond acceptors (Lipinski definition) is 7. The van der Waals surface area contributed by atoms with Crippen molar-refractivity contribution in [3.8, 4) is 11.8 Å². The first-order valence-electron chi connectivity index (χ1n) is 5.76. The Morgan fingerprint density at radius 2 is 1.89 bits per heavy atom. The first-order valence-corrected chi connectivity index (χ1v) is 5.76. The molecule has 2 aromatic heterocycles. The number of nitrogens with one attached hydrogen (secondary N) is 1. The van der Waals surface area contributed by atoms with Gasteiger partial charge in [0.25, 0.3) is 0 Å². The number of ether oxygens (including phenoxy) is 2. The largest absolute Gasteiger partial charge is 0.481 e. The van der Waals surface area contributed by atoms with Crippen LogP contribution >= 0.6 is 0 Å². The minimum absolute atomic E-state index is 0.449. The predicted octanol–water partition coefficient (Wildman–Crippen LogP) is 0.277. The highest BCUT2D eigenvalue weighted by molar-refractivity contribution is 5.33. The second-order valence-electron chi connectivity index (χ2n) is 3.79. The molecule has 0 spiro atoms. The van der Waals surface area contributed by atoms with Crippen LogP contribution < -0.4 is 14.8 Å². The van der Waals surface area contributed by atoms with Crippen molar-refractivity contribution in [2.75, 3.05) is 26.1 Å². The van der Waals surface area contributed by atoms with E-state index < -0.39 is 0 Å². The summed E-state index contributed by atoms with van der Waals surface area (Å²) in [5, 5.41) is 7.27. The fourth-order valence-corrected chi connectivity index (χ4v) is 1.48. The normalized spacial score (nSPS) is 10.3. The molecule has 1 N–H and O–H groups in total. The van der Waals surface area contributed by atoms with Crippen LogP contribution in [0.5, 0.6) is 11.8 Å². The van der Waals surface area contributed by atoms with Crippen LogP contribution in [0.1, 0.15) is 5.82 Å². The topological polar surface area (TPSA) is 87.0 Å². The third-order valence-electron chi connectivity index (χ3n) is 2.38. The Morgan fingerprint density at radius 1 is 1.21 bits per heavy atom. The molecule has 8 heteroatoms. The summed E-state index contributed by atoms with van der Waals surface area (Å²) in [5.74, 6) is 2.12. The summed E-state index contributed by atoms with van der Waals surface area (Å²) in [4.78, 5) is 12.5. The number of hydrogen-bond donors (Lipinski definition) is 1. The van der Waals surface area contributed by atoms with Crippen molar-refractivity contribution >= 4 is 5.95 Å². The van der Waals surface area contributed by atoms with Crippen LogP contribution in [0.25, 0.3) is 0 Å². The molecule has 0 radical (unpaired) electrons. The Kier molecular flexibility index (Phi) is 4.11. The zero-order valence-corrected chi connectivity index (χ0v) is 11.1. The summed E-state index contributed by atoms with van der Waals surface area (Å²) in [6, 6.07) is 1.62. The maximum Gasteiger partial charge on any atom is 0.229 e. The standard InChI is InChI=1S/C11H16N6O2/c1-17-7-13-8(16-17)4-5-12-11-14-9(18-2)6-10(15-11)19-3/h6-7H,4-5H2,1-3H3,(H,12,14,15). The van der Waals surface area contributed by atoms with Crippen LogP contribution in [0.4, 0.5) is 5.95 Å². The Hall–Kier alpha value is -2.38. The number of aryl methyl sites for hydroxylation is 1. The maximum absolute atomic E-state index is 5.07. The summed E-state index contributed by atoms with van der Waals surface area (Å²) < 4.78 is 11.8. The number of rotatable bonds is 6. The van der Waals surface area contributed by atoms with Gasteiger partial charge in [-0.05, 0) is 0 Å². The Morgan fingerprint density at radius 3 is 2.42 bits per heavy atom. The van der Waals surface area contributed by atoms with Gasteiger partial charge in [-0.3, -0.25) is 4.68 Å². The van der Waals surface area contributed by atoms with E-state index in [0.717, 1.165) is 5.82 Å². The van der Waals surface area contributed by atoms with E-state index in [0.29, 0.717) is 30.7 Å². The molecule has 0 saturated heterocycles. The van der Waals surface area contributed by atoms with Crippen LogP contribution in [0.3, 0.4) is 0 Å².